The quantitative estimate of drug-likeness (QED) is 0.265. The van der Waals surface area contributed by atoms with Crippen molar-refractivity contribution < 1.29 is 13.9 Å². The number of nitrogens with zero attached hydrogens (tertiary/aromatic N) is 2. The first kappa shape index (κ1) is 29.2. The van der Waals surface area contributed by atoms with E-state index in [1.54, 1.807) is 10.4 Å². The number of carbonyl (C=O) groups is 1. The number of aromatic amines is 1. The fraction of sp³-hybridized carbons (Fsp3) is 0.400. The topological polar surface area (TPSA) is 96.9 Å². The van der Waals surface area contributed by atoms with Crippen molar-refractivity contribution in [2.45, 2.75) is 50.6 Å². The lowest BCUT2D eigenvalue weighted by Crippen LogP contribution is -2.54. The molecule has 214 valence electrons. The number of pyridine rings is 1. The van der Waals surface area contributed by atoms with Gasteiger partial charge in [0.2, 0.25) is 11.5 Å². The summed E-state index contributed by atoms with van der Waals surface area (Å²) in [5.41, 5.74) is 2.49. The molecular weight excluding hydrogens is 569 g/mol. The van der Waals surface area contributed by atoms with Gasteiger partial charge in [-0.2, -0.15) is 0 Å². The average Bonchev–Trinajstić information content (AvgIpc) is 3.26. The Labute approximate surface area is 246 Å². The van der Waals surface area contributed by atoms with Gasteiger partial charge in [0.15, 0.2) is 0 Å². The van der Waals surface area contributed by atoms with Gasteiger partial charge in [-0.05, 0) is 67.1 Å². The molecule has 0 saturated carbocycles. The number of rotatable bonds is 8. The minimum Gasteiger partial charge on any atom is -0.330 e. The molecule has 0 spiro atoms. The third-order valence-electron chi connectivity index (χ3n) is 8.12. The van der Waals surface area contributed by atoms with Crippen LogP contribution in [0.4, 0.5) is 0 Å². The molecule has 2 aromatic carbocycles. The maximum Gasteiger partial charge on any atom is 0.248 e. The number of amides is 1. The minimum absolute atomic E-state index is 0.00884. The molecule has 2 fully saturated rings. The summed E-state index contributed by atoms with van der Waals surface area (Å²) in [6.45, 7) is 2.98. The molecule has 10 heteroatoms. The van der Waals surface area contributed by atoms with Gasteiger partial charge in [-0.3, -0.25) is 18.7 Å². The van der Waals surface area contributed by atoms with Crippen LogP contribution in [-0.2, 0) is 11.2 Å². The van der Waals surface area contributed by atoms with Crippen molar-refractivity contribution in [1.29, 1.82) is 0 Å². The summed E-state index contributed by atoms with van der Waals surface area (Å²) in [6, 6.07) is 19.8. The summed E-state index contributed by atoms with van der Waals surface area (Å²) in [5, 5.41) is 1.23. The molecule has 1 amide bonds. The van der Waals surface area contributed by atoms with Crippen LogP contribution >= 0.6 is 34.0 Å². The predicted octanol–water partition coefficient (Wildman–Crippen LogP) is 6.75. The first-order chi connectivity index (χ1) is 19.2. The number of benzene rings is 2. The number of piperidine rings is 1. The first-order valence-corrected chi connectivity index (χ1v) is 16.1. The van der Waals surface area contributed by atoms with E-state index < -0.39 is 16.7 Å². The molecule has 0 radical (unpaired) electrons. The Morgan fingerprint density at radius 3 is 2.40 bits per heavy atom. The summed E-state index contributed by atoms with van der Waals surface area (Å²) in [4.78, 5) is 31.4. The summed E-state index contributed by atoms with van der Waals surface area (Å²) < 4.78 is 23.2. The summed E-state index contributed by atoms with van der Waals surface area (Å²) in [6.07, 6.45) is 2.31. The fourth-order valence-corrected chi connectivity index (χ4v) is 8.14. The third kappa shape index (κ3) is 6.27. The zero-order chi connectivity index (χ0) is 28.4. The maximum atomic E-state index is 14.5. The fourth-order valence-electron chi connectivity index (χ4n) is 6.21. The molecule has 1 unspecified atom stereocenters. The van der Waals surface area contributed by atoms with E-state index in [2.05, 4.69) is 4.98 Å². The standard InChI is InChI=1S/C30H35Cl2N3O4S/c1-2-26(19-34-14-5-15-40(34,38)39)35-29(20-10-12-23(31)13-11-20)27(21-6-3-7-24(32)16-21)18-22(30(35)37)17-25-8-4-9-28(36)33-25/h3-4,6-13,16,22,26-27,29,38-39H,2,5,14-15,17-19H2,1H3,(H,33,36)/t22-,26?,27-,29-/m1/s1. The molecule has 2 saturated heterocycles. The highest BCUT2D eigenvalue weighted by atomic mass is 35.5. The molecule has 40 heavy (non-hydrogen) atoms. The van der Waals surface area contributed by atoms with Crippen LogP contribution in [0.3, 0.4) is 0 Å². The smallest absolute Gasteiger partial charge is 0.248 e. The molecule has 4 atom stereocenters. The molecule has 7 nitrogen and oxygen atoms in total. The van der Waals surface area contributed by atoms with E-state index in [0.717, 1.165) is 11.1 Å². The molecule has 0 aliphatic carbocycles. The Morgan fingerprint density at radius 1 is 1.00 bits per heavy atom. The Kier molecular flexibility index (Phi) is 8.95. The van der Waals surface area contributed by atoms with Crippen LogP contribution in [0.2, 0.25) is 10.0 Å². The van der Waals surface area contributed by atoms with Crippen LogP contribution in [0.1, 0.15) is 55.0 Å². The largest absolute Gasteiger partial charge is 0.330 e. The second-order valence-corrected chi connectivity index (χ2v) is 13.8. The van der Waals surface area contributed by atoms with Gasteiger partial charge in [0.25, 0.3) is 0 Å². The summed E-state index contributed by atoms with van der Waals surface area (Å²) in [5.74, 6) is -0.136. The van der Waals surface area contributed by atoms with Gasteiger partial charge in [0.1, 0.15) is 0 Å². The van der Waals surface area contributed by atoms with Crippen LogP contribution in [0.25, 0.3) is 0 Å². The molecule has 2 aliphatic heterocycles. The van der Waals surface area contributed by atoms with Crippen molar-refractivity contribution in [3.63, 3.8) is 0 Å². The molecule has 2 aliphatic rings. The van der Waals surface area contributed by atoms with Crippen molar-refractivity contribution in [2.75, 3.05) is 18.8 Å². The summed E-state index contributed by atoms with van der Waals surface area (Å²) in [7, 11) is -2.85. The van der Waals surface area contributed by atoms with Crippen LogP contribution in [-0.4, -0.2) is 54.1 Å². The number of nitrogens with one attached hydrogen (secondary N) is 1. The van der Waals surface area contributed by atoms with Gasteiger partial charge in [0, 0.05) is 52.8 Å². The van der Waals surface area contributed by atoms with E-state index in [1.807, 2.05) is 66.4 Å². The van der Waals surface area contributed by atoms with Crippen LogP contribution in [0.5, 0.6) is 0 Å². The highest BCUT2D eigenvalue weighted by Gasteiger charge is 2.46. The third-order valence-corrected chi connectivity index (χ3v) is 10.6. The molecule has 3 N–H and O–H groups in total. The number of aromatic nitrogens is 1. The van der Waals surface area contributed by atoms with Crippen LogP contribution in [0, 0.1) is 5.92 Å². The number of likely N-dealkylation sites (tertiary alicyclic amines) is 1. The Bertz CT molecular complexity index is 1400. The Balaban J connectivity index is 1.61. The number of halogens is 2. The van der Waals surface area contributed by atoms with E-state index in [0.29, 0.717) is 60.3 Å². The van der Waals surface area contributed by atoms with E-state index in [1.165, 1.54) is 6.07 Å². The van der Waals surface area contributed by atoms with Crippen molar-refractivity contribution >= 4 is 39.9 Å². The highest BCUT2D eigenvalue weighted by Crippen LogP contribution is 2.51. The van der Waals surface area contributed by atoms with Crippen molar-refractivity contribution in [2.24, 2.45) is 5.92 Å². The maximum absolute atomic E-state index is 14.5. The van der Waals surface area contributed by atoms with E-state index >= 15 is 0 Å². The van der Waals surface area contributed by atoms with Crippen molar-refractivity contribution in [1.82, 2.24) is 14.2 Å². The zero-order valence-electron chi connectivity index (χ0n) is 22.4. The number of H-pyrrole nitrogens is 1. The lowest BCUT2D eigenvalue weighted by atomic mass is 9.74. The number of hydrogen-bond donors (Lipinski definition) is 3. The van der Waals surface area contributed by atoms with E-state index in [-0.39, 0.29) is 29.5 Å². The molecule has 0 bridgehead atoms. The van der Waals surface area contributed by atoms with Gasteiger partial charge in [-0.1, -0.05) is 60.5 Å². The Hall–Kier alpha value is -2.33. The SMILES string of the molecule is CCC(CN1CCCS1(O)O)N1C(=O)[C@H](Cc2cccc(=O)[nH]2)C[C@H](c2cccc(Cl)c2)[C@H]1c1ccc(Cl)cc1. The molecule has 3 aromatic rings. The molecule has 3 heterocycles. The number of hydrogen-bond acceptors (Lipinski definition) is 5. The normalized spacial score (nSPS) is 24.7. The highest BCUT2D eigenvalue weighted by molar-refractivity contribution is 8.22. The monoisotopic (exact) mass is 603 g/mol. The molecule has 1 aromatic heterocycles. The van der Waals surface area contributed by atoms with Gasteiger partial charge in [-0.15, -0.1) is 10.8 Å². The van der Waals surface area contributed by atoms with Crippen molar-refractivity contribution in [3.8, 4) is 0 Å². The second kappa shape index (κ2) is 12.3. The van der Waals surface area contributed by atoms with Gasteiger partial charge < -0.3 is 9.88 Å². The number of carbonyl (C=O) groups excluding carboxylic acids is 1. The minimum atomic E-state index is -2.85. The Morgan fingerprint density at radius 2 is 1.75 bits per heavy atom. The summed E-state index contributed by atoms with van der Waals surface area (Å²) >= 11 is 12.7. The molecule has 5 rings (SSSR count). The van der Waals surface area contributed by atoms with Gasteiger partial charge in [0.05, 0.1) is 11.8 Å². The lowest BCUT2D eigenvalue weighted by Gasteiger charge is -2.50. The molecular formula is C30H35Cl2N3O4S. The second-order valence-electron chi connectivity index (χ2n) is 10.7. The van der Waals surface area contributed by atoms with Crippen LogP contribution in [0.15, 0.2) is 71.5 Å². The first-order valence-electron chi connectivity index (χ1n) is 13.7. The average molecular weight is 605 g/mol. The van der Waals surface area contributed by atoms with E-state index in [4.69, 9.17) is 23.2 Å². The predicted molar refractivity (Wildman–Crippen MR) is 162 cm³/mol. The van der Waals surface area contributed by atoms with Gasteiger partial charge >= 0.3 is 0 Å². The van der Waals surface area contributed by atoms with Crippen molar-refractivity contribution in [3.05, 3.63) is 104 Å². The van der Waals surface area contributed by atoms with Gasteiger partial charge in [-0.25, -0.2) is 4.31 Å². The van der Waals surface area contributed by atoms with E-state index in [9.17, 15) is 18.7 Å². The zero-order valence-corrected chi connectivity index (χ0v) is 24.7. The lowest BCUT2D eigenvalue weighted by molar-refractivity contribution is -0.147. The van der Waals surface area contributed by atoms with Crippen LogP contribution < -0.4 is 5.56 Å².